The molecule has 0 radical (unpaired) electrons. The largest absolute Gasteiger partial charge is 0.618 e. The molecule has 1 fully saturated rings. The van der Waals surface area contributed by atoms with Crippen LogP contribution in [0.15, 0.2) is 29.4 Å². The number of aromatic nitrogens is 1. The molecule has 0 aromatic carbocycles. The van der Waals surface area contributed by atoms with Crippen LogP contribution >= 0.6 is 0 Å². The third-order valence-corrected chi connectivity index (χ3v) is 7.00. The number of hydrogen-bond acceptors (Lipinski definition) is 6. The molecule has 2 rings (SSSR count). The summed E-state index contributed by atoms with van der Waals surface area (Å²) < 4.78 is 27.1. The van der Waals surface area contributed by atoms with E-state index in [9.17, 15) is 28.0 Å². The van der Waals surface area contributed by atoms with Gasteiger partial charge in [-0.25, -0.2) is 8.42 Å². The van der Waals surface area contributed by atoms with E-state index in [-0.39, 0.29) is 24.0 Å². The quantitative estimate of drug-likeness (QED) is 0.440. The minimum Gasteiger partial charge on any atom is -0.618 e. The highest BCUT2D eigenvalue weighted by Gasteiger charge is 2.40. The van der Waals surface area contributed by atoms with E-state index in [1.54, 1.807) is 13.8 Å². The molecule has 1 aliphatic heterocycles. The molecule has 1 aliphatic rings. The van der Waals surface area contributed by atoms with Gasteiger partial charge < -0.3 is 16.3 Å². The van der Waals surface area contributed by atoms with Gasteiger partial charge in [-0.1, -0.05) is 6.92 Å². The van der Waals surface area contributed by atoms with Crippen LogP contribution in [0.2, 0.25) is 0 Å². The van der Waals surface area contributed by atoms with E-state index in [2.05, 4.69) is 5.32 Å². The van der Waals surface area contributed by atoms with Crippen molar-refractivity contribution in [2.75, 3.05) is 6.54 Å². The topological polar surface area (TPSA) is 154 Å². The smallest absolute Gasteiger partial charge is 0.323 e. The summed E-state index contributed by atoms with van der Waals surface area (Å²) in [7, 11) is -4.18. The zero-order valence-electron chi connectivity index (χ0n) is 16.4. The van der Waals surface area contributed by atoms with Crippen LogP contribution in [0.3, 0.4) is 0 Å². The number of carbonyl (C=O) groups is 3. The Morgan fingerprint density at radius 1 is 1.38 bits per heavy atom. The number of pyridine rings is 1. The Morgan fingerprint density at radius 2 is 2.07 bits per heavy atom. The van der Waals surface area contributed by atoms with Gasteiger partial charge in [0.15, 0.2) is 12.0 Å². The molecule has 2 amide bonds. The Bertz CT molecular complexity index is 888. The Labute approximate surface area is 169 Å². The van der Waals surface area contributed by atoms with Gasteiger partial charge in [-0.15, -0.1) is 0 Å². The minimum absolute atomic E-state index is 0.0334. The lowest BCUT2D eigenvalue weighted by Gasteiger charge is -2.24. The number of hydrogen-bond donors (Lipinski definition) is 2. The summed E-state index contributed by atoms with van der Waals surface area (Å²) in [5.41, 5.74) is 5.17. The second kappa shape index (κ2) is 9.31. The van der Waals surface area contributed by atoms with Crippen LogP contribution in [0.4, 0.5) is 0 Å². The number of Topliss-reactive ketones (excluding diaryl/α,β-unsaturated/α-hetero) is 1. The van der Waals surface area contributed by atoms with Gasteiger partial charge in [0.05, 0.1) is 12.6 Å². The summed E-state index contributed by atoms with van der Waals surface area (Å²) in [4.78, 5) is 35.8. The maximum absolute atomic E-state index is 12.9. The van der Waals surface area contributed by atoms with Crippen LogP contribution in [-0.2, 0) is 24.4 Å². The fourth-order valence-corrected chi connectivity index (χ4v) is 4.75. The SMILES string of the molecule is C[C@@H]1CC[C@H](NC(=O)CC[C@H](C)C(N)=O)C(=O)CN1S(=O)(=O)c1cccc[n+]1[O-]. The van der Waals surface area contributed by atoms with E-state index in [0.717, 1.165) is 10.5 Å². The van der Waals surface area contributed by atoms with Crippen LogP contribution in [0.1, 0.15) is 39.5 Å². The van der Waals surface area contributed by atoms with Gasteiger partial charge >= 0.3 is 15.0 Å². The molecule has 1 saturated heterocycles. The second-order valence-corrected chi connectivity index (χ2v) is 9.11. The molecular formula is C18H26N4O6S. The summed E-state index contributed by atoms with van der Waals surface area (Å²) in [6.07, 6.45) is 1.98. The molecule has 3 atom stereocenters. The first kappa shape index (κ1) is 22.8. The Hall–Kier alpha value is -2.53. The molecular weight excluding hydrogens is 400 g/mol. The molecule has 29 heavy (non-hydrogen) atoms. The lowest BCUT2D eigenvalue weighted by Crippen LogP contribution is -2.47. The van der Waals surface area contributed by atoms with E-state index >= 15 is 0 Å². The number of nitrogens with two attached hydrogens (primary N) is 1. The summed E-state index contributed by atoms with van der Waals surface area (Å²) in [5, 5.41) is 14.1. The standard InChI is InChI=1S/C18H26N4O6S/c1-12(18(19)25)6-9-16(24)20-14-8-7-13(2)22(11-15(14)23)29(27,28)17-5-3-4-10-21(17)26/h3-5,10,12-14H,6-9,11H2,1-2H3,(H2,19,25)(H,20,24)/t12-,13+,14-/m0/s1. The molecule has 0 unspecified atom stereocenters. The predicted molar refractivity (Wildman–Crippen MR) is 103 cm³/mol. The molecule has 0 spiro atoms. The number of primary amides is 1. The van der Waals surface area contributed by atoms with Crippen molar-refractivity contribution in [2.24, 2.45) is 11.7 Å². The molecule has 10 nitrogen and oxygen atoms in total. The van der Waals surface area contributed by atoms with Crippen molar-refractivity contribution in [2.45, 2.75) is 56.6 Å². The zero-order valence-corrected chi connectivity index (χ0v) is 17.2. The van der Waals surface area contributed by atoms with Gasteiger partial charge in [-0.05, 0) is 32.3 Å². The number of nitrogens with zero attached hydrogens (tertiary/aromatic N) is 2. The minimum atomic E-state index is -4.18. The Balaban J connectivity index is 2.10. The molecule has 0 aliphatic carbocycles. The third kappa shape index (κ3) is 5.51. The van der Waals surface area contributed by atoms with Crippen molar-refractivity contribution in [3.8, 4) is 0 Å². The van der Waals surface area contributed by atoms with E-state index in [1.807, 2.05) is 0 Å². The van der Waals surface area contributed by atoms with Crippen molar-refractivity contribution in [3.63, 3.8) is 0 Å². The van der Waals surface area contributed by atoms with Crippen molar-refractivity contribution in [1.82, 2.24) is 9.62 Å². The van der Waals surface area contributed by atoms with Gasteiger partial charge in [-0.2, -0.15) is 9.04 Å². The van der Waals surface area contributed by atoms with Crippen LogP contribution in [0.5, 0.6) is 0 Å². The number of amides is 2. The zero-order chi connectivity index (χ0) is 21.8. The first-order valence-corrected chi connectivity index (χ1v) is 10.8. The third-order valence-electron chi connectivity index (χ3n) is 5.05. The highest BCUT2D eigenvalue weighted by Crippen LogP contribution is 2.22. The van der Waals surface area contributed by atoms with Crippen LogP contribution in [0, 0.1) is 11.1 Å². The van der Waals surface area contributed by atoms with Crippen LogP contribution in [-0.4, -0.2) is 48.9 Å². The summed E-state index contributed by atoms with van der Waals surface area (Å²) in [6.45, 7) is 2.82. The van der Waals surface area contributed by atoms with E-state index in [4.69, 9.17) is 5.73 Å². The highest BCUT2D eigenvalue weighted by molar-refractivity contribution is 7.89. The van der Waals surface area contributed by atoms with E-state index < -0.39 is 57.2 Å². The number of rotatable bonds is 7. The predicted octanol–water partition coefficient (Wildman–Crippen LogP) is -0.551. The Morgan fingerprint density at radius 3 is 2.69 bits per heavy atom. The number of sulfonamides is 1. The second-order valence-electron chi connectivity index (χ2n) is 7.27. The summed E-state index contributed by atoms with van der Waals surface area (Å²) >= 11 is 0. The maximum atomic E-state index is 12.9. The monoisotopic (exact) mass is 426 g/mol. The highest BCUT2D eigenvalue weighted by atomic mass is 32.2. The van der Waals surface area contributed by atoms with Gasteiger partial charge in [0.25, 0.3) is 0 Å². The lowest BCUT2D eigenvalue weighted by molar-refractivity contribution is -0.646. The van der Waals surface area contributed by atoms with E-state index in [1.165, 1.54) is 18.2 Å². The van der Waals surface area contributed by atoms with Crippen LogP contribution < -0.4 is 15.8 Å². The average Bonchev–Trinajstić information content (AvgIpc) is 2.79. The van der Waals surface area contributed by atoms with Crippen LogP contribution in [0.25, 0.3) is 0 Å². The average molecular weight is 426 g/mol. The molecule has 1 aromatic rings. The van der Waals surface area contributed by atoms with Gasteiger partial charge in [-0.3, -0.25) is 14.4 Å². The van der Waals surface area contributed by atoms with Crippen molar-refractivity contribution in [3.05, 3.63) is 29.6 Å². The number of nitrogens with one attached hydrogen (secondary N) is 1. The first-order valence-electron chi connectivity index (χ1n) is 9.35. The molecule has 11 heteroatoms. The Kier molecular flexibility index (Phi) is 7.31. The molecule has 160 valence electrons. The van der Waals surface area contributed by atoms with Gasteiger partial charge in [0, 0.05) is 30.5 Å². The van der Waals surface area contributed by atoms with E-state index in [0.29, 0.717) is 6.42 Å². The first-order chi connectivity index (χ1) is 13.5. The molecule has 0 saturated carbocycles. The molecule has 2 heterocycles. The molecule has 0 bridgehead atoms. The van der Waals surface area contributed by atoms with Crippen molar-refractivity contribution in [1.29, 1.82) is 0 Å². The fourth-order valence-electron chi connectivity index (χ4n) is 3.10. The maximum Gasteiger partial charge on any atom is 0.323 e. The normalized spacial score (nSPS) is 21.9. The van der Waals surface area contributed by atoms with Gasteiger partial charge in [0.1, 0.15) is 0 Å². The summed E-state index contributed by atoms with van der Waals surface area (Å²) in [5.74, 6) is -1.83. The molecule has 3 N–H and O–H groups in total. The molecule has 1 aromatic heterocycles. The number of ketones is 1. The van der Waals surface area contributed by atoms with Crippen molar-refractivity contribution < 1.29 is 27.5 Å². The van der Waals surface area contributed by atoms with Gasteiger partial charge in [0.2, 0.25) is 11.8 Å². The lowest BCUT2D eigenvalue weighted by atomic mass is 10.0. The summed E-state index contributed by atoms with van der Waals surface area (Å²) in [6, 6.07) is 2.67. The number of carbonyl (C=O) groups excluding carboxylic acids is 3. The fraction of sp³-hybridized carbons (Fsp3) is 0.556. The van der Waals surface area contributed by atoms with Crippen molar-refractivity contribution >= 4 is 27.6 Å².